The molecule has 4 aromatic rings. The minimum atomic E-state index is -3.53. The van der Waals surface area contributed by atoms with Gasteiger partial charge in [-0.25, -0.2) is 13.4 Å². The molecule has 0 spiro atoms. The van der Waals surface area contributed by atoms with Crippen LogP contribution in [0.4, 0.5) is 5.82 Å². The Labute approximate surface area is 211 Å². The van der Waals surface area contributed by atoms with Crippen molar-refractivity contribution in [1.82, 2.24) is 33.9 Å². The van der Waals surface area contributed by atoms with E-state index in [0.29, 0.717) is 13.1 Å². The van der Waals surface area contributed by atoms with Crippen molar-refractivity contribution in [3.8, 4) is 11.3 Å². The molecule has 10 nitrogen and oxygen atoms in total. The lowest BCUT2D eigenvalue weighted by molar-refractivity contribution is 0.243. The van der Waals surface area contributed by atoms with Crippen LogP contribution in [0.15, 0.2) is 60.1 Å². The number of H-pyrrole nitrogens is 1. The molecule has 4 heterocycles. The number of nitrogens with zero attached hydrogens (tertiary/aromatic N) is 7. The molecule has 5 rings (SSSR count). The zero-order chi connectivity index (χ0) is 23.7. The predicted octanol–water partition coefficient (Wildman–Crippen LogP) is 2.22. The Morgan fingerprint density at radius 3 is 2.60 bits per heavy atom. The highest BCUT2D eigenvalue weighted by Gasteiger charge is 2.25. The molecular weight excluding hydrogens is 488 g/mol. The number of hydrogen-bond acceptors (Lipinski definition) is 7. The molecule has 0 bridgehead atoms. The van der Waals surface area contributed by atoms with Crippen LogP contribution >= 0.6 is 12.4 Å². The van der Waals surface area contributed by atoms with Gasteiger partial charge in [0.25, 0.3) is 0 Å². The summed E-state index contributed by atoms with van der Waals surface area (Å²) in [5, 5.41) is 5.10. The van der Waals surface area contributed by atoms with Crippen molar-refractivity contribution in [3.05, 3.63) is 55.2 Å². The second kappa shape index (κ2) is 10.3. The largest absolute Gasteiger partial charge is 0.361 e. The van der Waals surface area contributed by atoms with Crippen molar-refractivity contribution in [2.24, 2.45) is 7.05 Å². The number of fused-ring (bicyclic) bond motifs is 1. The van der Waals surface area contributed by atoms with E-state index in [1.54, 1.807) is 26.5 Å². The molecule has 0 aliphatic carbocycles. The van der Waals surface area contributed by atoms with Gasteiger partial charge < -0.3 is 9.88 Å². The molecule has 35 heavy (non-hydrogen) atoms. The molecule has 0 radical (unpaired) electrons. The average molecular weight is 517 g/mol. The van der Waals surface area contributed by atoms with Crippen LogP contribution in [-0.4, -0.2) is 88.7 Å². The number of nitrogens with one attached hydrogen (secondary N) is 1. The third-order valence-corrected chi connectivity index (χ3v) is 8.13. The average Bonchev–Trinajstić information content (AvgIpc) is 3.52. The fraction of sp³-hybridized carbons (Fsp3) is 0.348. The van der Waals surface area contributed by atoms with Crippen LogP contribution in [0.1, 0.15) is 0 Å². The molecule has 186 valence electrons. The van der Waals surface area contributed by atoms with Gasteiger partial charge in [0.05, 0.1) is 6.20 Å². The van der Waals surface area contributed by atoms with Gasteiger partial charge in [-0.15, -0.1) is 12.4 Å². The lowest BCUT2D eigenvalue weighted by Crippen LogP contribution is -2.49. The van der Waals surface area contributed by atoms with E-state index in [4.69, 9.17) is 0 Å². The van der Waals surface area contributed by atoms with Gasteiger partial charge in [-0.3, -0.25) is 14.6 Å². The van der Waals surface area contributed by atoms with Gasteiger partial charge in [-0.2, -0.15) is 9.40 Å². The number of anilines is 1. The number of aromatic amines is 1. The van der Waals surface area contributed by atoms with Crippen LogP contribution in [-0.2, 0) is 17.1 Å². The minimum absolute atomic E-state index is 0. The zero-order valence-corrected chi connectivity index (χ0v) is 21.3. The van der Waals surface area contributed by atoms with Crippen molar-refractivity contribution in [1.29, 1.82) is 0 Å². The minimum Gasteiger partial charge on any atom is -0.361 e. The summed E-state index contributed by atoms with van der Waals surface area (Å²) in [6.45, 7) is 4.33. The van der Waals surface area contributed by atoms with E-state index in [9.17, 15) is 8.42 Å². The number of likely N-dealkylation sites (N-methyl/N-ethyl adjacent to an activating group) is 1. The first-order chi connectivity index (χ1) is 16.4. The highest BCUT2D eigenvalue weighted by molar-refractivity contribution is 7.89. The van der Waals surface area contributed by atoms with Crippen LogP contribution in [0, 0.1) is 0 Å². The first kappa shape index (κ1) is 25.1. The highest BCUT2D eigenvalue weighted by Crippen LogP contribution is 2.32. The molecule has 0 amide bonds. The lowest BCUT2D eigenvalue weighted by Gasteiger charge is -2.36. The number of rotatable bonds is 7. The molecule has 1 aliphatic heterocycles. The van der Waals surface area contributed by atoms with E-state index in [1.165, 1.54) is 21.4 Å². The number of aromatic nitrogens is 5. The van der Waals surface area contributed by atoms with Crippen molar-refractivity contribution < 1.29 is 8.42 Å². The van der Waals surface area contributed by atoms with E-state index >= 15 is 0 Å². The van der Waals surface area contributed by atoms with Crippen molar-refractivity contribution >= 4 is 39.2 Å². The number of hydrogen-bond donors (Lipinski definition) is 1. The lowest BCUT2D eigenvalue weighted by atomic mass is 10.1. The molecule has 12 heteroatoms. The molecule has 0 unspecified atom stereocenters. The zero-order valence-electron chi connectivity index (χ0n) is 19.7. The van der Waals surface area contributed by atoms with E-state index in [1.807, 2.05) is 12.3 Å². The molecule has 1 N–H and O–H groups in total. The number of halogens is 1. The summed E-state index contributed by atoms with van der Waals surface area (Å²) in [4.78, 5) is 17.4. The fourth-order valence-electron chi connectivity index (χ4n) is 4.34. The predicted molar refractivity (Wildman–Crippen MR) is 138 cm³/mol. The standard InChI is InChI=1S/C23H28N8O2S.ClH/c1-28-17-18(16-27-28)34(32,33)29(2)10-11-30-12-14-31(15-13-30)23-22(25-8-9-26-23)20-4-3-5-21-19(20)6-7-24-21;/h3-9,16-17,24H,10-15H2,1-2H3;1H. The number of aryl methyl sites for hydroxylation is 1. The Balaban J connectivity index is 0.00000289. The van der Waals surface area contributed by atoms with E-state index < -0.39 is 10.0 Å². The van der Waals surface area contributed by atoms with Gasteiger partial charge in [-0.1, -0.05) is 12.1 Å². The molecule has 0 atom stereocenters. The van der Waals surface area contributed by atoms with Crippen molar-refractivity contribution in [2.45, 2.75) is 4.90 Å². The van der Waals surface area contributed by atoms with E-state index in [2.05, 4.69) is 48.0 Å². The van der Waals surface area contributed by atoms with Crippen LogP contribution in [0.5, 0.6) is 0 Å². The maximum atomic E-state index is 12.7. The van der Waals surface area contributed by atoms with Crippen molar-refractivity contribution in [3.63, 3.8) is 0 Å². The molecule has 1 fully saturated rings. The van der Waals surface area contributed by atoms with Crippen LogP contribution < -0.4 is 4.90 Å². The van der Waals surface area contributed by atoms with E-state index in [0.717, 1.165) is 54.2 Å². The molecule has 1 saturated heterocycles. The maximum absolute atomic E-state index is 12.7. The van der Waals surface area contributed by atoms with Crippen LogP contribution in [0.2, 0.25) is 0 Å². The third kappa shape index (κ3) is 5.03. The monoisotopic (exact) mass is 516 g/mol. The van der Waals surface area contributed by atoms with Crippen LogP contribution in [0.25, 0.3) is 22.2 Å². The van der Waals surface area contributed by atoms with Crippen LogP contribution in [0.3, 0.4) is 0 Å². The fourth-order valence-corrected chi connectivity index (χ4v) is 5.49. The summed E-state index contributed by atoms with van der Waals surface area (Å²) in [6, 6.07) is 8.23. The summed E-state index contributed by atoms with van der Waals surface area (Å²) in [5.41, 5.74) is 3.01. The molecule has 1 aromatic carbocycles. The van der Waals surface area contributed by atoms with E-state index in [-0.39, 0.29) is 17.3 Å². The maximum Gasteiger partial charge on any atom is 0.245 e. The first-order valence-corrected chi connectivity index (χ1v) is 12.7. The summed E-state index contributed by atoms with van der Waals surface area (Å²) in [5.74, 6) is 0.882. The van der Waals surface area contributed by atoms with Gasteiger partial charge in [0, 0.05) is 94.6 Å². The SMILES string of the molecule is CN(CCN1CCN(c2nccnc2-c2cccc3[nH]ccc23)CC1)S(=O)(=O)c1cnn(C)c1.Cl. The van der Waals surface area contributed by atoms with Gasteiger partial charge >= 0.3 is 0 Å². The smallest absolute Gasteiger partial charge is 0.245 e. The van der Waals surface area contributed by atoms with Gasteiger partial charge in [-0.05, 0) is 12.1 Å². The quantitative estimate of drug-likeness (QED) is 0.401. The number of piperazine rings is 1. The Bertz CT molecular complexity index is 1400. The second-order valence-corrected chi connectivity index (χ2v) is 10.5. The molecular formula is C23H29ClN8O2S. The van der Waals surface area contributed by atoms with Gasteiger partial charge in [0.1, 0.15) is 10.6 Å². The highest BCUT2D eigenvalue weighted by atomic mass is 35.5. The Morgan fingerprint density at radius 1 is 1.09 bits per heavy atom. The van der Waals surface area contributed by atoms with Gasteiger partial charge in [0.2, 0.25) is 10.0 Å². The Hall–Kier alpha value is -2.99. The Kier molecular flexibility index (Phi) is 7.41. The third-order valence-electron chi connectivity index (χ3n) is 6.32. The first-order valence-electron chi connectivity index (χ1n) is 11.2. The molecule has 0 saturated carbocycles. The number of sulfonamides is 1. The summed E-state index contributed by atoms with van der Waals surface area (Å²) in [6.07, 6.45) is 8.32. The summed E-state index contributed by atoms with van der Waals surface area (Å²) in [7, 11) is -0.205. The topological polar surface area (TPSA) is 103 Å². The second-order valence-electron chi connectivity index (χ2n) is 8.48. The normalized spacial score (nSPS) is 15.0. The summed E-state index contributed by atoms with van der Waals surface area (Å²) >= 11 is 0. The van der Waals surface area contributed by atoms with Crippen molar-refractivity contribution in [2.75, 3.05) is 51.2 Å². The molecule has 3 aromatic heterocycles. The molecule has 1 aliphatic rings. The van der Waals surface area contributed by atoms with Gasteiger partial charge in [0.15, 0.2) is 5.82 Å². The Morgan fingerprint density at radius 2 is 1.86 bits per heavy atom. The summed E-state index contributed by atoms with van der Waals surface area (Å²) < 4.78 is 28.4. The number of benzene rings is 1.